The maximum atomic E-state index is 12.7. The summed E-state index contributed by atoms with van der Waals surface area (Å²) in [6.45, 7) is 5.85. The Morgan fingerprint density at radius 3 is 2.43 bits per heavy atom. The van der Waals surface area contributed by atoms with Gasteiger partial charge < -0.3 is 10.1 Å². The van der Waals surface area contributed by atoms with Gasteiger partial charge in [0.1, 0.15) is 5.82 Å². The van der Waals surface area contributed by atoms with Gasteiger partial charge in [-0.15, -0.1) is 0 Å². The number of hydrogen-bond donors (Lipinski definition) is 2. The quantitative estimate of drug-likeness (QED) is 0.642. The van der Waals surface area contributed by atoms with E-state index in [9.17, 15) is 14.7 Å². The third-order valence-corrected chi connectivity index (χ3v) is 6.83. The number of benzene rings is 2. The fraction of sp³-hybridized carbons (Fsp3) is 0.348. The average Bonchev–Trinajstić information content (AvgIpc) is 3.20. The van der Waals surface area contributed by atoms with Gasteiger partial charge in [0, 0.05) is 17.0 Å². The Labute approximate surface area is 163 Å². The van der Waals surface area contributed by atoms with E-state index in [0.29, 0.717) is 17.5 Å². The summed E-state index contributed by atoms with van der Waals surface area (Å²) in [6, 6.07) is 14.7. The molecule has 0 spiro atoms. The molecule has 1 aliphatic carbocycles. The van der Waals surface area contributed by atoms with Crippen molar-refractivity contribution in [2.75, 3.05) is 0 Å². The first-order chi connectivity index (χ1) is 13.2. The summed E-state index contributed by atoms with van der Waals surface area (Å²) in [5, 5.41) is 9.75. The van der Waals surface area contributed by atoms with Gasteiger partial charge in [0.15, 0.2) is 5.78 Å². The fourth-order valence-electron chi connectivity index (χ4n) is 4.45. The maximum absolute atomic E-state index is 12.7. The van der Waals surface area contributed by atoms with Crippen LogP contribution in [0.3, 0.4) is 0 Å². The van der Waals surface area contributed by atoms with E-state index in [-0.39, 0.29) is 11.7 Å². The highest BCUT2D eigenvalue weighted by Gasteiger charge is 2.57. The van der Waals surface area contributed by atoms with Crippen molar-refractivity contribution >= 4 is 22.8 Å². The number of rotatable bonds is 4. The number of carbonyl (C=O) groups is 2. The molecule has 0 saturated heterocycles. The zero-order chi connectivity index (χ0) is 20.1. The Hall–Kier alpha value is -2.95. The molecule has 2 aromatic carbocycles. The van der Waals surface area contributed by atoms with Crippen molar-refractivity contribution in [2.45, 2.75) is 39.5 Å². The van der Waals surface area contributed by atoms with Crippen molar-refractivity contribution in [3.63, 3.8) is 0 Å². The first-order valence-corrected chi connectivity index (χ1v) is 9.57. The summed E-state index contributed by atoms with van der Waals surface area (Å²) in [4.78, 5) is 32.7. The number of aromatic nitrogens is 2. The number of fused-ring (bicyclic) bond motifs is 1. The molecule has 0 bridgehead atoms. The largest absolute Gasteiger partial charge is 0.481 e. The van der Waals surface area contributed by atoms with E-state index >= 15 is 0 Å². The SMILES string of the molecule is CC1(C)[C@@H](c2nc3ccc(C(=O)c4ccccc4)cc3[nH]2)CC[C@@]1(C)C(=O)O. The van der Waals surface area contributed by atoms with Crippen LogP contribution in [-0.2, 0) is 4.79 Å². The van der Waals surface area contributed by atoms with Gasteiger partial charge in [-0.1, -0.05) is 44.2 Å². The minimum atomic E-state index is -0.787. The molecule has 28 heavy (non-hydrogen) atoms. The van der Waals surface area contributed by atoms with Crippen LogP contribution in [0.15, 0.2) is 48.5 Å². The lowest BCUT2D eigenvalue weighted by molar-refractivity contribution is -0.153. The smallest absolute Gasteiger partial charge is 0.309 e. The van der Waals surface area contributed by atoms with Crippen molar-refractivity contribution in [3.05, 3.63) is 65.5 Å². The van der Waals surface area contributed by atoms with E-state index in [1.54, 1.807) is 18.2 Å². The standard InChI is InChI=1S/C23H24N2O3/c1-22(2)16(11-12-23(22,3)21(27)28)20-24-17-10-9-15(13-18(17)25-20)19(26)14-7-5-4-6-8-14/h4-10,13,16H,11-12H2,1-3H3,(H,24,25)(H,27,28)/t16-,23+/m1/s1. The lowest BCUT2D eigenvalue weighted by Gasteiger charge is -2.37. The molecule has 144 valence electrons. The van der Waals surface area contributed by atoms with Gasteiger partial charge in [-0.3, -0.25) is 9.59 Å². The van der Waals surface area contributed by atoms with Crippen LogP contribution in [0.25, 0.3) is 11.0 Å². The Morgan fingerprint density at radius 1 is 1.07 bits per heavy atom. The zero-order valence-corrected chi connectivity index (χ0v) is 16.3. The second kappa shape index (κ2) is 6.30. The Bertz CT molecular complexity index is 1070. The molecule has 1 saturated carbocycles. The number of carbonyl (C=O) groups excluding carboxylic acids is 1. The van der Waals surface area contributed by atoms with Crippen molar-refractivity contribution in [3.8, 4) is 0 Å². The molecule has 3 aromatic rings. The molecule has 1 heterocycles. The first-order valence-electron chi connectivity index (χ1n) is 9.57. The number of carboxylic acid groups (broad SMARTS) is 1. The van der Waals surface area contributed by atoms with E-state index in [0.717, 1.165) is 23.3 Å². The summed E-state index contributed by atoms with van der Waals surface area (Å²) < 4.78 is 0. The molecule has 2 atom stereocenters. The van der Waals surface area contributed by atoms with E-state index in [2.05, 4.69) is 4.98 Å². The van der Waals surface area contributed by atoms with Gasteiger partial charge in [0.05, 0.1) is 16.4 Å². The normalized spacial score (nSPS) is 23.8. The molecular weight excluding hydrogens is 352 g/mol. The Morgan fingerprint density at radius 2 is 1.79 bits per heavy atom. The molecule has 1 aromatic heterocycles. The van der Waals surface area contributed by atoms with Gasteiger partial charge >= 0.3 is 5.97 Å². The van der Waals surface area contributed by atoms with Crippen LogP contribution < -0.4 is 0 Å². The summed E-state index contributed by atoms with van der Waals surface area (Å²) in [6.07, 6.45) is 1.39. The summed E-state index contributed by atoms with van der Waals surface area (Å²) >= 11 is 0. The Kier molecular flexibility index (Phi) is 4.14. The number of nitrogens with zero attached hydrogens (tertiary/aromatic N) is 1. The highest BCUT2D eigenvalue weighted by atomic mass is 16.4. The van der Waals surface area contributed by atoms with Crippen LogP contribution in [0, 0.1) is 10.8 Å². The molecule has 5 nitrogen and oxygen atoms in total. The van der Waals surface area contributed by atoms with Gasteiger partial charge in [0.25, 0.3) is 0 Å². The monoisotopic (exact) mass is 376 g/mol. The van der Waals surface area contributed by atoms with Crippen LogP contribution in [-0.4, -0.2) is 26.8 Å². The molecule has 5 heteroatoms. The lowest BCUT2D eigenvalue weighted by atomic mass is 9.65. The third kappa shape index (κ3) is 2.65. The summed E-state index contributed by atoms with van der Waals surface area (Å²) in [7, 11) is 0. The second-order valence-corrected chi connectivity index (χ2v) is 8.50. The predicted molar refractivity (Wildman–Crippen MR) is 107 cm³/mol. The average molecular weight is 376 g/mol. The minimum absolute atomic E-state index is 0.0225. The number of hydrogen-bond acceptors (Lipinski definition) is 3. The Balaban J connectivity index is 1.70. The number of aliphatic carboxylic acids is 1. The number of carboxylic acids is 1. The van der Waals surface area contributed by atoms with Crippen LogP contribution in [0.1, 0.15) is 61.3 Å². The van der Waals surface area contributed by atoms with E-state index < -0.39 is 16.8 Å². The number of ketones is 1. The second-order valence-electron chi connectivity index (χ2n) is 8.50. The molecule has 0 unspecified atom stereocenters. The molecule has 0 amide bonds. The minimum Gasteiger partial charge on any atom is -0.481 e. The summed E-state index contributed by atoms with van der Waals surface area (Å²) in [5.41, 5.74) is 1.63. The van der Waals surface area contributed by atoms with Crippen LogP contribution >= 0.6 is 0 Å². The molecular formula is C23H24N2O3. The molecule has 2 N–H and O–H groups in total. The van der Waals surface area contributed by atoms with Gasteiger partial charge in [-0.05, 0) is 43.4 Å². The molecule has 1 fully saturated rings. The molecule has 4 rings (SSSR count). The predicted octanol–water partition coefficient (Wildman–Crippen LogP) is 4.79. The summed E-state index contributed by atoms with van der Waals surface area (Å²) in [5.74, 6) is 0.0358. The molecule has 0 radical (unpaired) electrons. The van der Waals surface area contributed by atoms with E-state index in [4.69, 9.17) is 4.98 Å². The molecule has 1 aliphatic rings. The lowest BCUT2D eigenvalue weighted by Crippen LogP contribution is -2.40. The van der Waals surface area contributed by atoms with Crippen molar-refractivity contribution in [1.82, 2.24) is 9.97 Å². The number of aromatic amines is 1. The van der Waals surface area contributed by atoms with E-state index in [1.807, 2.05) is 51.1 Å². The first kappa shape index (κ1) is 18.4. The van der Waals surface area contributed by atoms with Gasteiger partial charge in [-0.25, -0.2) is 4.98 Å². The van der Waals surface area contributed by atoms with Crippen LogP contribution in [0.4, 0.5) is 0 Å². The van der Waals surface area contributed by atoms with E-state index in [1.165, 1.54) is 0 Å². The number of H-pyrrole nitrogens is 1. The topological polar surface area (TPSA) is 83.0 Å². The maximum Gasteiger partial charge on any atom is 0.309 e. The number of imidazole rings is 1. The highest BCUT2D eigenvalue weighted by Crippen LogP contribution is 2.59. The van der Waals surface area contributed by atoms with Crippen molar-refractivity contribution in [2.24, 2.45) is 10.8 Å². The van der Waals surface area contributed by atoms with Crippen molar-refractivity contribution in [1.29, 1.82) is 0 Å². The van der Waals surface area contributed by atoms with Crippen LogP contribution in [0.2, 0.25) is 0 Å². The molecule has 0 aliphatic heterocycles. The third-order valence-electron chi connectivity index (χ3n) is 6.83. The fourth-order valence-corrected chi connectivity index (χ4v) is 4.45. The number of nitrogens with one attached hydrogen (secondary N) is 1. The van der Waals surface area contributed by atoms with Crippen molar-refractivity contribution < 1.29 is 14.7 Å². The van der Waals surface area contributed by atoms with Gasteiger partial charge in [-0.2, -0.15) is 0 Å². The highest BCUT2D eigenvalue weighted by molar-refractivity contribution is 6.10. The van der Waals surface area contributed by atoms with Crippen LogP contribution in [0.5, 0.6) is 0 Å². The zero-order valence-electron chi connectivity index (χ0n) is 16.3. The van der Waals surface area contributed by atoms with Gasteiger partial charge in [0.2, 0.25) is 0 Å².